The molecule has 6 nitrogen and oxygen atoms in total. The van der Waals surface area contributed by atoms with Gasteiger partial charge in [-0.3, -0.25) is 14.2 Å². The van der Waals surface area contributed by atoms with Gasteiger partial charge in [-0.15, -0.1) is 0 Å². The van der Waals surface area contributed by atoms with E-state index < -0.39 is 0 Å². The smallest absolute Gasteiger partial charge is 0.266 e. The fourth-order valence-corrected chi connectivity index (χ4v) is 5.37. The van der Waals surface area contributed by atoms with Gasteiger partial charge in [0, 0.05) is 24.5 Å². The van der Waals surface area contributed by atoms with Crippen LogP contribution in [0, 0.1) is 0 Å². The minimum Gasteiger partial charge on any atom is -0.372 e. The van der Waals surface area contributed by atoms with Gasteiger partial charge in [0.15, 0.2) is 5.16 Å². The third kappa shape index (κ3) is 5.31. The average molecular weight is 499 g/mol. The molecule has 1 aliphatic rings. The second kappa shape index (κ2) is 11.0. The number of hydrogen-bond donors (Lipinski definition) is 1. The molecule has 7 heteroatoms. The summed E-state index contributed by atoms with van der Waals surface area (Å²) < 4.78 is 1.60. The summed E-state index contributed by atoms with van der Waals surface area (Å²) in [4.78, 5) is 33.3. The summed E-state index contributed by atoms with van der Waals surface area (Å²) in [6.07, 6.45) is 4.68. The van der Waals surface area contributed by atoms with Crippen LogP contribution in [0.2, 0.25) is 0 Å². The molecule has 184 valence electrons. The van der Waals surface area contributed by atoms with Crippen LogP contribution in [0.15, 0.2) is 82.7 Å². The predicted molar refractivity (Wildman–Crippen MR) is 149 cm³/mol. The van der Waals surface area contributed by atoms with Gasteiger partial charge in [0.2, 0.25) is 5.91 Å². The molecule has 5 rings (SSSR count). The maximum absolute atomic E-state index is 13.4. The third-order valence-corrected chi connectivity index (χ3v) is 7.49. The highest BCUT2D eigenvalue weighted by Crippen LogP contribution is 2.24. The monoisotopic (exact) mass is 498 g/mol. The van der Waals surface area contributed by atoms with Crippen LogP contribution in [0.4, 0.5) is 11.4 Å². The van der Waals surface area contributed by atoms with Gasteiger partial charge < -0.3 is 10.2 Å². The van der Waals surface area contributed by atoms with Gasteiger partial charge in [-0.25, -0.2) is 4.98 Å². The van der Waals surface area contributed by atoms with Gasteiger partial charge >= 0.3 is 0 Å². The van der Waals surface area contributed by atoms with Gasteiger partial charge in [0.1, 0.15) is 0 Å². The molecular formula is C29H30N4O2S. The molecule has 0 unspecified atom stereocenters. The molecule has 1 aromatic heterocycles. The van der Waals surface area contributed by atoms with Gasteiger partial charge in [-0.2, -0.15) is 0 Å². The topological polar surface area (TPSA) is 67.2 Å². The standard InChI is InChI=1S/C29H30N4O2S/c1-2-21-10-14-24(15-11-21)33-28(35)25-8-4-5-9-26(25)31-29(33)36-20-27(34)30-22-12-16-23(17-13-22)32-18-6-3-7-19-32/h4-5,8-17H,2-3,6-7,18-20H2,1H3,(H,30,34). The number of aryl methyl sites for hydroxylation is 1. The Bertz CT molecular complexity index is 1410. The van der Waals surface area contributed by atoms with Crippen LogP contribution in [0.25, 0.3) is 16.6 Å². The lowest BCUT2D eigenvalue weighted by Crippen LogP contribution is -2.29. The lowest BCUT2D eigenvalue weighted by Gasteiger charge is -2.28. The number of fused-ring (bicyclic) bond motifs is 1. The number of aromatic nitrogens is 2. The normalized spacial score (nSPS) is 13.6. The molecular weight excluding hydrogens is 468 g/mol. The maximum atomic E-state index is 13.4. The highest BCUT2D eigenvalue weighted by atomic mass is 32.2. The minimum absolute atomic E-state index is 0.138. The molecule has 1 fully saturated rings. The Morgan fingerprint density at radius 3 is 2.33 bits per heavy atom. The summed E-state index contributed by atoms with van der Waals surface area (Å²) in [7, 11) is 0. The van der Waals surface area contributed by atoms with E-state index in [1.54, 1.807) is 10.6 Å². The Morgan fingerprint density at radius 2 is 1.61 bits per heavy atom. The van der Waals surface area contributed by atoms with Crippen LogP contribution < -0.4 is 15.8 Å². The number of piperidine rings is 1. The van der Waals surface area contributed by atoms with Crippen LogP contribution in [0.5, 0.6) is 0 Å². The van der Waals surface area contributed by atoms with E-state index in [0.29, 0.717) is 16.1 Å². The molecule has 1 amide bonds. The van der Waals surface area contributed by atoms with Gasteiger partial charge in [-0.1, -0.05) is 43.0 Å². The molecule has 0 radical (unpaired) electrons. The Balaban J connectivity index is 1.34. The van der Waals surface area contributed by atoms with Gasteiger partial charge in [-0.05, 0) is 79.8 Å². The number of hydrogen-bond acceptors (Lipinski definition) is 5. The Hall–Kier alpha value is -3.58. The zero-order valence-electron chi connectivity index (χ0n) is 20.4. The molecule has 0 saturated carbocycles. The number of anilines is 2. The van der Waals surface area contributed by atoms with Crippen molar-refractivity contribution in [2.45, 2.75) is 37.8 Å². The largest absolute Gasteiger partial charge is 0.372 e. The lowest BCUT2D eigenvalue weighted by atomic mass is 10.1. The van der Waals surface area contributed by atoms with E-state index in [0.717, 1.165) is 30.9 Å². The van der Waals surface area contributed by atoms with E-state index in [2.05, 4.69) is 29.3 Å². The number of thioether (sulfide) groups is 1. The predicted octanol–water partition coefficient (Wildman–Crippen LogP) is 5.67. The van der Waals surface area contributed by atoms with Crippen molar-refractivity contribution in [2.24, 2.45) is 0 Å². The average Bonchev–Trinajstić information content (AvgIpc) is 2.93. The number of nitrogens with one attached hydrogen (secondary N) is 1. The molecule has 1 saturated heterocycles. The summed E-state index contributed by atoms with van der Waals surface area (Å²) in [6, 6.07) is 23.3. The number of amides is 1. The van der Waals surface area contributed by atoms with Crippen LogP contribution in [-0.4, -0.2) is 34.3 Å². The summed E-state index contributed by atoms with van der Waals surface area (Å²) >= 11 is 1.27. The van der Waals surface area contributed by atoms with Crippen molar-refractivity contribution in [1.82, 2.24) is 9.55 Å². The first-order valence-electron chi connectivity index (χ1n) is 12.5. The highest BCUT2D eigenvalue weighted by molar-refractivity contribution is 7.99. The second-order valence-corrected chi connectivity index (χ2v) is 9.95. The van der Waals surface area contributed by atoms with Crippen LogP contribution in [0.3, 0.4) is 0 Å². The number of para-hydroxylation sites is 1. The van der Waals surface area contributed by atoms with E-state index in [-0.39, 0.29) is 17.2 Å². The van der Waals surface area contributed by atoms with Crippen LogP contribution in [-0.2, 0) is 11.2 Å². The maximum Gasteiger partial charge on any atom is 0.266 e. The van der Waals surface area contributed by atoms with Crippen molar-refractivity contribution in [3.8, 4) is 5.69 Å². The molecule has 1 N–H and O–H groups in total. The second-order valence-electron chi connectivity index (χ2n) is 9.00. The van der Waals surface area contributed by atoms with Crippen molar-refractivity contribution in [2.75, 3.05) is 29.1 Å². The summed E-state index contributed by atoms with van der Waals surface area (Å²) in [5.41, 5.74) is 4.38. The molecule has 2 heterocycles. The lowest BCUT2D eigenvalue weighted by molar-refractivity contribution is -0.113. The molecule has 36 heavy (non-hydrogen) atoms. The van der Waals surface area contributed by atoms with Crippen molar-refractivity contribution in [1.29, 1.82) is 0 Å². The molecule has 1 aliphatic heterocycles. The molecule has 3 aromatic carbocycles. The first kappa shape index (κ1) is 24.1. The van der Waals surface area contributed by atoms with Gasteiger partial charge in [0.25, 0.3) is 5.56 Å². The van der Waals surface area contributed by atoms with E-state index in [1.165, 1.54) is 42.3 Å². The zero-order chi connectivity index (χ0) is 24.9. The highest BCUT2D eigenvalue weighted by Gasteiger charge is 2.15. The van der Waals surface area contributed by atoms with E-state index >= 15 is 0 Å². The molecule has 0 bridgehead atoms. The molecule has 0 atom stereocenters. The van der Waals surface area contributed by atoms with Crippen molar-refractivity contribution < 1.29 is 4.79 Å². The minimum atomic E-state index is -0.138. The van der Waals surface area contributed by atoms with E-state index in [1.807, 2.05) is 54.6 Å². The number of carbonyl (C=O) groups excluding carboxylic acids is 1. The Kier molecular flexibility index (Phi) is 7.37. The van der Waals surface area contributed by atoms with Crippen molar-refractivity contribution in [3.63, 3.8) is 0 Å². The van der Waals surface area contributed by atoms with Crippen LogP contribution in [0.1, 0.15) is 31.7 Å². The molecule has 0 aliphatic carbocycles. The number of benzene rings is 3. The third-order valence-electron chi connectivity index (χ3n) is 6.55. The van der Waals surface area contributed by atoms with E-state index in [4.69, 9.17) is 4.98 Å². The van der Waals surface area contributed by atoms with Gasteiger partial charge in [0.05, 0.1) is 22.3 Å². The zero-order valence-corrected chi connectivity index (χ0v) is 21.3. The Morgan fingerprint density at radius 1 is 0.917 bits per heavy atom. The number of nitrogens with zero attached hydrogens (tertiary/aromatic N) is 3. The molecule has 0 spiro atoms. The Labute approximate surface area is 215 Å². The summed E-state index contributed by atoms with van der Waals surface area (Å²) in [6.45, 7) is 4.27. The van der Waals surface area contributed by atoms with E-state index in [9.17, 15) is 9.59 Å². The van der Waals surface area contributed by atoms with Crippen molar-refractivity contribution >= 4 is 39.9 Å². The fraction of sp³-hybridized carbons (Fsp3) is 0.276. The number of rotatable bonds is 7. The number of carbonyl (C=O) groups is 1. The SMILES string of the molecule is CCc1ccc(-n2c(SCC(=O)Nc3ccc(N4CCCCC4)cc3)nc3ccccc3c2=O)cc1. The summed E-state index contributed by atoms with van der Waals surface area (Å²) in [5, 5.41) is 4.03. The van der Waals surface area contributed by atoms with Crippen LogP contribution >= 0.6 is 11.8 Å². The quantitative estimate of drug-likeness (QED) is 0.263. The first-order chi connectivity index (χ1) is 17.6. The summed E-state index contributed by atoms with van der Waals surface area (Å²) in [5.74, 6) is 0.00659. The van der Waals surface area contributed by atoms with Crippen molar-refractivity contribution in [3.05, 3.63) is 88.7 Å². The first-order valence-corrected chi connectivity index (χ1v) is 13.5. The fourth-order valence-electron chi connectivity index (χ4n) is 4.55. The molecule has 4 aromatic rings.